The maximum Gasteiger partial charge on any atom is 0.335 e. The number of carboxylic acids is 1. The lowest BCUT2D eigenvalue weighted by Gasteiger charge is -2.35. The number of piperazine rings is 1. The fourth-order valence-electron chi connectivity index (χ4n) is 3.03. The lowest BCUT2D eigenvalue weighted by atomic mass is 10.1. The predicted molar refractivity (Wildman–Crippen MR) is 102 cm³/mol. The Morgan fingerprint density at radius 3 is 2.00 bits per heavy atom. The summed E-state index contributed by atoms with van der Waals surface area (Å²) in [4.78, 5) is 39.2. The van der Waals surface area contributed by atoms with Crippen molar-refractivity contribution in [2.24, 2.45) is 0 Å². The molecule has 1 N–H and O–H groups in total. The van der Waals surface area contributed by atoms with Crippen molar-refractivity contribution in [2.75, 3.05) is 32.8 Å². The van der Waals surface area contributed by atoms with E-state index < -0.39 is 5.97 Å². The fourth-order valence-corrected chi connectivity index (χ4v) is 3.03. The quantitative estimate of drug-likeness (QED) is 0.827. The van der Waals surface area contributed by atoms with Gasteiger partial charge in [0.25, 0.3) is 5.91 Å². The van der Waals surface area contributed by atoms with Gasteiger partial charge in [-0.3, -0.25) is 9.59 Å². The second kappa shape index (κ2) is 9.03. The SMILES string of the molecule is O=C(O)c1ccc(C(=O)N2CCN(C(=O)CCOc3ccccc3)CC2)cc1. The molecule has 0 unspecified atom stereocenters. The van der Waals surface area contributed by atoms with E-state index in [1.165, 1.54) is 24.3 Å². The summed E-state index contributed by atoms with van der Waals surface area (Å²) in [7, 11) is 0. The van der Waals surface area contributed by atoms with Crippen molar-refractivity contribution in [3.8, 4) is 5.75 Å². The van der Waals surface area contributed by atoms with Crippen LogP contribution in [-0.4, -0.2) is 65.5 Å². The molecule has 1 saturated heterocycles. The highest BCUT2D eigenvalue weighted by Crippen LogP contribution is 2.12. The summed E-state index contributed by atoms with van der Waals surface area (Å²) < 4.78 is 5.56. The van der Waals surface area contributed by atoms with Crippen LogP contribution in [-0.2, 0) is 4.79 Å². The van der Waals surface area contributed by atoms with Gasteiger partial charge in [0.2, 0.25) is 5.91 Å². The Morgan fingerprint density at radius 2 is 1.39 bits per heavy atom. The molecule has 0 atom stereocenters. The van der Waals surface area contributed by atoms with Gasteiger partial charge >= 0.3 is 5.97 Å². The maximum absolute atomic E-state index is 12.5. The molecule has 1 heterocycles. The first-order valence-corrected chi connectivity index (χ1v) is 9.13. The maximum atomic E-state index is 12.5. The second-order valence-electron chi connectivity index (χ2n) is 6.47. The van der Waals surface area contributed by atoms with Crippen LogP contribution in [0.3, 0.4) is 0 Å². The van der Waals surface area contributed by atoms with Crippen LogP contribution in [0.1, 0.15) is 27.1 Å². The van der Waals surface area contributed by atoms with Crippen LogP contribution in [0.25, 0.3) is 0 Å². The minimum absolute atomic E-state index is 0.00819. The van der Waals surface area contributed by atoms with E-state index in [0.717, 1.165) is 5.75 Å². The van der Waals surface area contributed by atoms with Crippen LogP contribution < -0.4 is 4.74 Å². The zero-order valence-electron chi connectivity index (χ0n) is 15.4. The Hall–Kier alpha value is -3.35. The zero-order chi connectivity index (χ0) is 19.9. The molecule has 28 heavy (non-hydrogen) atoms. The summed E-state index contributed by atoms with van der Waals surface area (Å²) in [5, 5.41) is 8.93. The Labute approximate surface area is 163 Å². The van der Waals surface area contributed by atoms with Crippen molar-refractivity contribution in [3.05, 3.63) is 65.7 Å². The Balaban J connectivity index is 1.45. The van der Waals surface area contributed by atoms with Crippen LogP contribution in [0.5, 0.6) is 5.75 Å². The van der Waals surface area contributed by atoms with Crippen molar-refractivity contribution >= 4 is 17.8 Å². The van der Waals surface area contributed by atoms with Crippen molar-refractivity contribution < 1.29 is 24.2 Å². The molecule has 1 aliphatic rings. The third-order valence-corrected chi connectivity index (χ3v) is 4.63. The first-order valence-electron chi connectivity index (χ1n) is 9.13. The average molecular weight is 382 g/mol. The van der Waals surface area contributed by atoms with Gasteiger partial charge in [-0.2, -0.15) is 0 Å². The summed E-state index contributed by atoms with van der Waals surface area (Å²) in [5.41, 5.74) is 0.589. The molecule has 2 aromatic carbocycles. The van der Waals surface area contributed by atoms with E-state index in [1.807, 2.05) is 30.3 Å². The van der Waals surface area contributed by atoms with Gasteiger partial charge in [0, 0.05) is 31.7 Å². The molecule has 2 amide bonds. The number of carbonyl (C=O) groups is 3. The van der Waals surface area contributed by atoms with E-state index in [2.05, 4.69) is 0 Å². The summed E-state index contributed by atoms with van der Waals surface area (Å²) in [5.74, 6) is -0.438. The summed E-state index contributed by atoms with van der Waals surface area (Å²) in [6, 6.07) is 15.2. The number of benzene rings is 2. The number of aromatic carboxylic acids is 1. The molecule has 1 aliphatic heterocycles. The van der Waals surface area contributed by atoms with Gasteiger partial charge in [0.1, 0.15) is 5.75 Å². The number of carboxylic acid groups (broad SMARTS) is 1. The van der Waals surface area contributed by atoms with Crippen molar-refractivity contribution in [3.63, 3.8) is 0 Å². The van der Waals surface area contributed by atoms with Gasteiger partial charge in [-0.1, -0.05) is 18.2 Å². The van der Waals surface area contributed by atoms with Gasteiger partial charge in [-0.15, -0.1) is 0 Å². The molecule has 0 aromatic heterocycles. The van der Waals surface area contributed by atoms with Crippen LogP contribution in [0, 0.1) is 0 Å². The van der Waals surface area contributed by atoms with Gasteiger partial charge < -0.3 is 19.6 Å². The number of hydrogen-bond donors (Lipinski definition) is 1. The van der Waals surface area contributed by atoms with E-state index in [9.17, 15) is 14.4 Å². The number of para-hydroxylation sites is 1. The van der Waals surface area contributed by atoms with Crippen LogP contribution in [0.4, 0.5) is 0 Å². The molecule has 0 radical (unpaired) electrons. The van der Waals surface area contributed by atoms with Crippen molar-refractivity contribution in [1.29, 1.82) is 0 Å². The van der Waals surface area contributed by atoms with Gasteiger partial charge in [-0.25, -0.2) is 4.79 Å². The van der Waals surface area contributed by atoms with Crippen molar-refractivity contribution in [2.45, 2.75) is 6.42 Å². The lowest BCUT2D eigenvalue weighted by Crippen LogP contribution is -2.50. The molecule has 7 heteroatoms. The number of amides is 2. The number of nitrogens with zero attached hydrogens (tertiary/aromatic N) is 2. The average Bonchev–Trinajstić information content (AvgIpc) is 2.74. The molecule has 0 spiro atoms. The first-order chi connectivity index (χ1) is 13.5. The topological polar surface area (TPSA) is 87.2 Å². The molecule has 0 bridgehead atoms. The molecular formula is C21H22N2O5. The van der Waals surface area contributed by atoms with Gasteiger partial charge in [-0.05, 0) is 36.4 Å². The molecule has 1 fully saturated rings. The highest BCUT2D eigenvalue weighted by molar-refractivity contribution is 5.96. The smallest absolute Gasteiger partial charge is 0.335 e. The number of carbonyl (C=O) groups excluding carboxylic acids is 2. The Kier molecular flexibility index (Phi) is 6.26. The molecular weight excluding hydrogens is 360 g/mol. The molecule has 3 rings (SSSR count). The van der Waals surface area contributed by atoms with Gasteiger partial charge in [0.05, 0.1) is 18.6 Å². The number of hydrogen-bond acceptors (Lipinski definition) is 4. The predicted octanol–water partition coefficient (Wildman–Crippen LogP) is 2.14. The number of ether oxygens (including phenoxy) is 1. The van der Waals surface area contributed by atoms with E-state index in [4.69, 9.17) is 9.84 Å². The van der Waals surface area contributed by atoms with E-state index >= 15 is 0 Å². The van der Waals surface area contributed by atoms with Crippen LogP contribution >= 0.6 is 0 Å². The third-order valence-electron chi connectivity index (χ3n) is 4.63. The standard InChI is InChI=1S/C21H22N2O5/c24-19(10-15-28-18-4-2-1-3-5-18)22-11-13-23(14-12-22)20(25)16-6-8-17(9-7-16)21(26)27/h1-9H,10-15H2,(H,26,27). The molecule has 146 valence electrons. The molecule has 7 nitrogen and oxygen atoms in total. The van der Waals surface area contributed by atoms with E-state index in [0.29, 0.717) is 44.8 Å². The van der Waals surface area contributed by atoms with Crippen LogP contribution in [0.2, 0.25) is 0 Å². The highest BCUT2D eigenvalue weighted by Gasteiger charge is 2.24. The fraction of sp³-hybridized carbons (Fsp3) is 0.286. The minimum atomic E-state index is -1.03. The third kappa shape index (κ3) is 4.88. The summed E-state index contributed by atoms with van der Waals surface area (Å²) in [6.07, 6.45) is 0.291. The molecule has 0 saturated carbocycles. The van der Waals surface area contributed by atoms with E-state index in [1.54, 1.807) is 9.80 Å². The zero-order valence-corrected chi connectivity index (χ0v) is 15.4. The molecule has 2 aromatic rings. The largest absolute Gasteiger partial charge is 0.493 e. The molecule has 0 aliphatic carbocycles. The second-order valence-corrected chi connectivity index (χ2v) is 6.47. The highest BCUT2D eigenvalue weighted by atomic mass is 16.5. The monoisotopic (exact) mass is 382 g/mol. The first kappa shape index (κ1) is 19.4. The van der Waals surface area contributed by atoms with E-state index in [-0.39, 0.29) is 17.4 Å². The lowest BCUT2D eigenvalue weighted by molar-refractivity contribution is -0.133. The van der Waals surface area contributed by atoms with Gasteiger partial charge in [0.15, 0.2) is 0 Å². The minimum Gasteiger partial charge on any atom is -0.493 e. The van der Waals surface area contributed by atoms with Crippen molar-refractivity contribution in [1.82, 2.24) is 9.80 Å². The normalized spacial score (nSPS) is 13.9. The van der Waals surface area contributed by atoms with Crippen LogP contribution in [0.15, 0.2) is 54.6 Å². The number of rotatable bonds is 6. The Morgan fingerprint density at radius 1 is 0.821 bits per heavy atom. The summed E-state index contributed by atoms with van der Waals surface area (Å²) in [6.45, 7) is 2.17. The summed E-state index contributed by atoms with van der Waals surface area (Å²) >= 11 is 0. The Bertz CT molecular complexity index is 828.